The molecule has 0 fully saturated rings. The van der Waals surface area contributed by atoms with Gasteiger partial charge in [0.2, 0.25) is 0 Å². The van der Waals surface area contributed by atoms with Crippen molar-refractivity contribution < 1.29 is 0 Å². The third kappa shape index (κ3) is 5.76. The van der Waals surface area contributed by atoms with E-state index >= 15 is 0 Å². The number of nitrogens with zero attached hydrogens (tertiary/aromatic N) is 2. The van der Waals surface area contributed by atoms with Gasteiger partial charge in [0.05, 0.1) is 0 Å². The van der Waals surface area contributed by atoms with Crippen LogP contribution in [0.2, 0.25) is 0 Å². The standard InChI is InChI=1S/C21H26N4.HI/c1-17-7-5-8-18(13-17)15-23-21(22-2)24-16-19-9-6-10-20(14-19)25-11-3-4-12-25;/h3-10,13-14H,11-12,15-16H2,1-2H3,(H2,22,23,24);1H. The van der Waals surface area contributed by atoms with Gasteiger partial charge in [-0.3, -0.25) is 4.99 Å². The zero-order valence-corrected chi connectivity index (χ0v) is 17.7. The maximum atomic E-state index is 4.31. The number of guanidine groups is 1. The molecule has 5 heteroatoms. The molecule has 0 unspecified atom stereocenters. The van der Waals surface area contributed by atoms with E-state index in [2.05, 4.69) is 88.1 Å². The molecule has 0 radical (unpaired) electrons. The molecule has 2 aromatic rings. The molecular formula is C21H27IN4. The molecule has 0 saturated carbocycles. The van der Waals surface area contributed by atoms with Crippen molar-refractivity contribution in [1.29, 1.82) is 0 Å². The molecule has 26 heavy (non-hydrogen) atoms. The molecule has 2 N–H and O–H groups in total. The lowest BCUT2D eigenvalue weighted by atomic mass is 10.1. The Bertz CT molecular complexity index is 762. The molecule has 0 amide bonds. The van der Waals surface area contributed by atoms with Gasteiger partial charge in [-0.2, -0.15) is 0 Å². The number of rotatable bonds is 5. The summed E-state index contributed by atoms with van der Waals surface area (Å²) >= 11 is 0. The van der Waals surface area contributed by atoms with Crippen LogP contribution in [0.15, 0.2) is 65.7 Å². The summed E-state index contributed by atoms with van der Waals surface area (Å²) in [5.74, 6) is 0.815. The molecule has 2 aromatic carbocycles. The van der Waals surface area contributed by atoms with Gasteiger partial charge < -0.3 is 15.5 Å². The molecule has 0 atom stereocenters. The second-order valence-corrected chi connectivity index (χ2v) is 6.31. The Balaban J connectivity index is 0.00000243. The number of halogens is 1. The lowest BCUT2D eigenvalue weighted by Crippen LogP contribution is -2.36. The van der Waals surface area contributed by atoms with Crippen LogP contribution in [0.3, 0.4) is 0 Å². The first-order valence-corrected chi connectivity index (χ1v) is 8.73. The second-order valence-electron chi connectivity index (χ2n) is 6.31. The second kappa shape index (κ2) is 10.2. The summed E-state index contributed by atoms with van der Waals surface area (Å²) in [6.07, 6.45) is 4.42. The third-order valence-corrected chi connectivity index (χ3v) is 4.32. The van der Waals surface area contributed by atoms with E-state index in [0.29, 0.717) is 0 Å². The number of aryl methyl sites for hydroxylation is 1. The Morgan fingerprint density at radius 1 is 0.962 bits per heavy atom. The van der Waals surface area contributed by atoms with E-state index in [-0.39, 0.29) is 24.0 Å². The third-order valence-electron chi connectivity index (χ3n) is 4.32. The zero-order chi connectivity index (χ0) is 17.5. The highest BCUT2D eigenvalue weighted by molar-refractivity contribution is 14.0. The highest BCUT2D eigenvalue weighted by Crippen LogP contribution is 2.18. The van der Waals surface area contributed by atoms with Crippen LogP contribution in [0.5, 0.6) is 0 Å². The van der Waals surface area contributed by atoms with Gasteiger partial charge in [-0.15, -0.1) is 24.0 Å². The smallest absolute Gasteiger partial charge is 0.191 e. The summed E-state index contributed by atoms with van der Waals surface area (Å²) in [5, 5.41) is 6.76. The van der Waals surface area contributed by atoms with Crippen LogP contribution in [0.1, 0.15) is 16.7 Å². The molecule has 4 nitrogen and oxygen atoms in total. The molecule has 0 aromatic heterocycles. The van der Waals surface area contributed by atoms with Crippen LogP contribution in [-0.4, -0.2) is 26.1 Å². The van der Waals surface area contributed by atoms with E-state index in [0.717, 1.165) is 32.1 Å². The maximum Gasteiger partial charge on any atom is 0.191 e. The van der Waals surface area contributed by atoms with Crippen molar-refractivity contribution in [2.75, 3.05) is 25.0 Å². The van der Waals surface area contributed by atoms with Gasteiger partial charge in [-0.1, -0.05) is 54.1 Å². The Labute approximate surface area is 173 Å². The fraction of sp³-hybridized carbons (Fsp3) is 0.286. The van der Waals surface area contributed by atoms with Gasteiger partial charge in [-0.05, 0) is 30.2 Å². The maximum absolute atomic E-state index is 4.31. The average molecular weight is 462 g/mol. The average Bonchev–Trinajstić information content (AvgIpc) is 3.17. The summed E-state index contributed by atoms with van der Waals surface area (Å²) in [4.78, 5) is 6.67. The van der Waals surface area contributed by atoms with Crippen LogP contribution in [0, 0.1) is 6.92 Å². The first-order chi connectivity index (χ1) is 12.2. The topological polar surface area (TPSA) is 39.7 Å². The molecule has 1 aliphatic heterocycles. The predicted molar refractivity (Wildman–Crippen MR) is 121 cm³/mol. The SMILES string of the molecule is CN=C(NCc1cccc(C)c1)NCc1cccc(N2CC=CC2)c1.I. The molecule has 0 spiro atoms. The van der Waals surface area contributed by atoms with Crippen molar-refractivity contribution in [2.45, 2.75) is 20.0 Å². The number of nitrogens with one attached hydrogen (secondary N) is 2. The van der Waals surface area contributed by atoms with Crippen molar-refractivity contribution in [3.05, 3.63) is 77.4 Å². The molecule has 0 aliphatic carbocycles. The van der Waals surface area contributed by atoms with Gasteiger partial charge >= 0.3 is 0 Å². The van der Waals surface area contributed by atoms with Crippen molar-refractivity contribution in [1.82, 2.24) is 10.6 Å². The van der Waals surface area contributed by atoms with Crippen LogP contribution in [0.25, 0.3) is 0 Å². The summed E-state index contributed by atoms with van der Waals surface area (Å²) in [7, 11) is 1.80. The monoisotopic (exact) mass is 462 g/mol. The Morgan fingerprint density at radius 3 is 2.19 bits per heavy atom. The van der Waals surface area contributed by atoms with Gasteiger partial charge in [0.1, 0.15) is 0 Å². The minimum absolute atomic E-state index is 0. The summed E-state index contributed by atoms with van der Waals surface area (Å²) < 4.78 is 0. The normalized spacial score (nSPS) is 13.5. The Hall–Kier alpha value is -2.02. The molecule has 1 heterocycles. The van der Waals surface area contributed by atoms with E-state index < -0.39 is 0 Å². The summed E-state index contributed by atoms with van der Waals surface area (Å²) in [6.45, 7) is 5.62. The van der Waals surface area contributed by atoms with Crippen molar-refractivity contribution in [3.8, 4) is 0 Å². The lowest BCUT2D eigenvalue weighted by molar-refractivity contribution is 0.808. The van der Waals surface area contributed by atoms with E-state index in [1.807, 2.05) is 0 Å². The summed E-state index contributed by atoms with van der Waals surface area (Å²) in [5.41, 5.74) is 5.05. The Morgan fingerprint density at radius 2 is 1.58 bits per heavy atom. The van der Waals surface area contributed by atoms with E-state index in [1.54, 1.807) is 7.05 Å². The van der Waals surface area contributed by atoms with E-state index in [4.69, 9.17) is 0 Å². The minimum atomic E-state index is 0. The fourth-order valence-corrected chi connectivity index (χ4v) is 2.97. The van der Waals surface area contributed by atoms with Crippen LogP contribution >= 0.6 is 24.0 Å². The quantitative estimate of drug-likeness (QED) is 0.307. The number of anilines is 1. The van der Waals surface area contributed by atoms with Gasteiger partial charge in [0, 0.05) is 38.9 Å². The lowest BCUT2D eigenvalue weighted by Gasteiger charge is -2.19. The minimum Gasteiger partial charge on any atom is -0.364 e. The highest BCUT2D eigenvalue weighted by atomic mass is 127. The molecule has 1 aliphatic rings. The van der Waals surface area contributed by atoms with E-state index in [9.17, 15) is 0 Å². The first kappa shape index (κ1) is 20.3. The van der Waals surface area contributed by atoms with Crippen LogP contribution < -0.4 is 15.5 Å². The van der Waals surface area contributed by atoms with Crippen molar-refractivity contribution >= 4 is 35.6 Å². The Kier molecular flexibility index (Phi) is 7.97. The first-order valence-electron chi connectivity index (χ1n) is 8.73. The number of hydrogen-bond acceptors (Lipinski definition) is 2. The van der Waals surface area contributed by atoms with Crippen LogP contribution in [0.4, 0.5) is 5.69 Å². The predicted octanol–water partition coefficient (Wildman–Crippen LogP) is 3.85. The zero-order valence-electron chi connectivity index (χ0n) is 15.4. The summed E-state index contributed by atoms with van der Waals surface area (Å²) in [6, 6.07) is 17.2. The number of benzene rings is 2. The van der Waals surface area contributed by atoms with Gasteiger partial charge in [-0.25, -0.2) is 0 Å². The molecule has 138 valence electrons. The molecular weight excluding hydrogens is 435 g/mol. The molecule has 3 rings (SSSR count). The molecule has 0 saturated heterocycles. The van der Waals surface area contributed by atoms with Crippen molar-refractivity contribution in [2.24, 2.45) is 4.99 Å². The highest BCUT2D eigenvalue weighted by Gasteiger charge is 2.08. The van der Waals surface area contributed by atoms with Crippen LogP contribution in [-0.2, 0) is 13.1 Å². The fourth-order valence-electron chi connectivity index (χ4n) is 2.97. The number of aliphatic imine (C=N–C) groups is 1. The van der Waals surface area contributed by atoms with Gasteiger partial charge in [0.15, 0.2) is 5.96 Å². The molecule has 0 bridgehead atoms. The van der Waals surface area contributed by atoms with E-state index in [1.165, 1.54) is 22.4 Å². The number of hydrogen-bond donors (Lipinski definition) is 2. The largest absolute Gasteiger partial charge is 0.364 e. The van der Waals surface area contributed by atoms with Gasteiger partial charge in [0.25, 0.3) is 0 Å². The van der Waals surface area contributed by atoms with Crippen molar-refractivity contribution in [3.63, 3.8) is 0 Å².